The number of aromatic nitrogens is 2. The molecule has 2 N–H and O–H groups in total. The third-order valence-electron chi connectivity index (χ3n) is 5.85. The van der Waals surface area contributed by atoms with Crippen LogP contribution in [0.2, 0.25) is 0 Å². The van der Waals surface area contributed by atoms with Crippen LogP contribution in [0.5, 0.6) is 0 Å². The summed E-state index contributed by atoms with van der Waals surface area (Å²) >= 11 is 0. The van der Waals surface area contributed by atoms with Gasteiger partial charge < -0.3 is 10.3 Å². The maximum absolute atomic E-state index is 4.62. The number of rotatable bonds is 4. The van der Waals surface area contributed by atoms with Gasteiger partial charge in [-0.15, -0.1) is 0 Å². The smallest absolute Gasteiger partial charge is 0.107 e. The van der Waals surface area contributed by atoms with E-state index >= 15 is 0 Å². The molecule has 3 heteroatoms. The highest BCUT2D eigenvalue weighted by atomic mass is 14.9. The molecule has 1 aromatic rings. The molecule has 0 saturated heterocycles. The molecule has 0 spiro atoms. The first-order valence-electron chi connectivity index (χ1n) is 7.96. The second-order valence-corrected chi connectivity index (χ2v) is 7.30. The van der Waals surface area contributed by atoms with Gasteiger partial charge in [0.05, 0.1) is 0 Å². The van der Waals surface area contributed by atoms with Crippen molar-refractivity contribution in [3.8, 4) is 0 Å². The standard InChI is InChI=1S/C16H25N3/c1-17-3-2-15-18-10-14(19-15)16-7-11-4-12(8-16)6-13(5-11)9-16/h10-13,17H,2-9H2,1H3,(H,18,19). The molecule has 1 heterocycles. The zero-order chi connectivity index (χ0) is 12.9. The van der Waals surface area contributed by atoms with Gasteiger partial charge in [-0.25, -0.2) is 4.98 Å². The second kappa shape index (κ2) is 4.34. The van der Waals surface area contributed by atoms with Crippen molar-refractivity contribution < 1.29 is 0 Å². The predicted octanol–water partition coefficient (Wildman–Crippen LogP) is 2.64. The lowest BCUT2D eigenvalue weighted by Crippen LogP contribution is -2.48. The Balaban J connectivity index is 1.59. The molecule has 3 nitrogen and oxygen atoms in total. The summed E-state index contributed by atoms with van der Waals surface area (Å²) in [4.78, 5) is 8.27. The van der Waals surface area contributed by atoms with Crippen molar-refractivity contribution in [1.82, 2.24) is 15.3 Å². The third kappa shape index (κ3) is 1.94. The maximum Gasteiger partial charge on any atom is 0.107 e. The van der Waals surface area contributed by atoms with Gasteiger partial charge in [0, 0.05) is 30.3 Å². The van der Waals surface area contributed by atoms with Gasteiger partial charge in [-0.3, -0.25) is 0 Å². The number of hydrogen-bond donors (Lipinski definition) is 2. The number of nitrogens with zero attached hydrogens (tertiary/aromatic N) is 1. The average Bonchev–Trinajstić information content (AvgIpc) is 2.84. The minimum atomic E-state index is 0.472. The van der Waals surface area contributed by atoms with Gasteiger partial charge in [0.2, 0.25) is 0 Å². The zero-order valence-electron chi connectivity index (χ0n) is 11.9. The number of hydrogen-bond acceptors (Lipinski definition) is 2. The SMILES string of the molecule is CNCCc1ncc(C23CC4CC(CC(C4)C2)C3)[nH]1. The van der Waals surface area contributed by atoms with Crippen LogP contribution in [0.1, 0.15) is 50.0 Å². The Kier molecular flexibility index (Phi) is 2.73. The van der Waals surface area contributed by atoms with Crippen molar-refractivity contribution >= 4 is 0 Å². The minimum absolute atomic E-state index is 0.472. The van der Waals surface area contributed by atoms with Gasteiger partial charge >= 0.3 is 0 Å². The van der Waals surface area contributed by atoms with E-state index < -0.39 is 0 Å². The third-order valence-corrected chi connectivity index (χ3v) is 5.85. The summed E-state index contributed by atoms with van der Waals surface area (Å²) in [6.45, 7) is 1.01. The molecule has 4 aliphatic carbocycles. The molecule has 5 rings (SSSR count). The van der Waals surface area contributed by atoms with Crippen LogP contribution >= 0.6 is 0 Å². The molecule has 0 aliphatic heterocycles. The Morgan fingerprint density at radius 3 is 2.42 bits per heavy atom. The fraction of sp³-hybridized carbons (Fsp3) is 0.812. The van der Waals surface area contributed by atoms with Gasteiger partial charge in [0.25, 0.3) is 0 Å². The van der Waals surface area contributed by atoms with E-state index in [-0.39, 0.29) is 0 Å². The first kappa shape index (κ1) is 12.0. The summed E-state index contributed by atoms with van der Waals surface area (Å²) in [7, 11) is 2.00. The van der Waals surface area contributed by atoms with Gasteiger partial charge in [0.15, 0.2) is 0 Å². The summed E-state index contributed by atoms with van der Waals surface area (Å²) in [6, 6.07) is 0. The number of likely N-dealkylation sites (N-methyl/N-ethyl adjacent to an activating group) is 1. The number of H-pyrrole nitrogens is 1. The van der Waals surface area contributed by atoms with E-state index in [0.717, 1.165) is 30.7 Å². The summed E-state index contributed by atoms with van der Waals surface area (Å²) in [5, 5.41) is 3.20. The van der Waals surface area contributed by atoms with E-state index in [1.807, 2.05) is 7.05 Å². The van der Waals surface area contributed by atoms with E-state index in [2.05, 4.69) is 21.5 Å². The molecule has 19 heavy (non-hydrogen) atoms. The van der Waals surface area contributed by atoms with E-state index in [4.69, 9.17) is 0 Å². The van der Waals surface area contributed by atoms with Crippen LogP contribution in [0.15, 0.2) is 6.20 Å². The Morgan fingerprint density at radius 1 is 1.21 bits per heavy atom. The fourth-order valence-electron chi connectivity index (χ4n) is 5.44. The second-order valence-electron chi connectivity index (χ2n) is 7.30. The lowest BCUT2D eigenvalue weighted by atomic mass is 9.49. The average molecular weight is 259 g/mol. The minimum Gasteiger partial charge on any atom is -0.345 e. The summed E-state index contributed by atoms with van der Waals surface area (Å²) in [5.74, 6) is 4.20. The lowest BCUT2D eigenvalue weighted by molar-refractivity contribution is -0.00706. The van der Waals surface area contributed by atoms with Crippen molar-refractivity contribution in [2.24, 2.45) is 17.8 Å². The molecular formula is C16H25N3. The molecule has 0 unspecified atom stereocenters. The molecule has 0 amide bonds. The van der Waals surface area contributed by atoms with E-state index in [1.165, 1.54) is 50.0 Å². The van der Waals surface area contributed by atoms with Crippen LogP contribution < -0.4 is 5.32 Å². The van der Waals surface area contributed by atoms with Crippen LogP contribution in [0.3, 0.4) is 0 Å². The highest BCUT2D eigenvalue weighted by molar-refractivity contribution is 5.22. The van der Waals surface area contributed by atoms with Crippen molar-refractivity contribution in [2.75, 3.05) is 13.6 Å². The Bertz CT molecular complexity index is 427. The number of imidazole rings is 1. The van der Waals surface area contributed by atoms with Gasteiger partial charge in [0.1, 0.15) is 5.82 Å². The molecule has 4 bridgehead atoms. The Hall–Kier alpha value is -0.830. The fourth-order valence-corrected chi connectivity index (χ4v) is 5.44. The quantitative estimate of drug-likeness (QED) is 0.872. The Morgan fingerprint density at radius 2 is 1.84 bits per heavy atom. The van der Waals surface area contributed by atoms with Crippen LogP contribution in [0, 0.1) is 17.8 Å². The van der Waals surface area contributed by atoms with Gasteiger partial charge in [-0.05, 0) is 63.3 Å². The zero-order valence-corrected chi connectivity index (χ0v) is 11.9. The molecule has 4 saturated carbocycles. The van der Waals surface area contributed by atoms with Crippen molar-refractivity contribution in [1.29, 1.82) is 0 Å². The van der Waals surface area contributed by atoms with E-state index in [9.17, 15) is 0 Å². The molecule has 104 valence electrons. The maximum atomic E-state index is 4.62. The number of nitrogens with one attached hydrogen (secondary N) is 2. The summed E-state index contributed by atoms with van der Waals surface area (Å²) < 4.78 is 0. The van der Waals surface area contributed by atoms with Crippen LogP contribution in [0.25, 0.3) is 0 Å². The summed E-state index contributed by atoms with van der Waals surface area (Å²) in [5.41, 5.74) is 1.93. The molecule has 1 aromatic heterocycles. The first-order chi connectivity index (χ1) is 9.27. The Labute approximate surface area is 115 Å². The molecule has 0 atom stereocenters. The molecule has 4 aliphatic rings. The van der Waals surface area contributed by atoms with E-state index in [1.54, 1.807) is 0 Å². The highest BCUT2D eigenvalue weighted by Crippen LogP contribution is 2.60. The normalized spacial score (nSPS) is 39.9. The first-order valence-corrected chi connectivity index (χ1v) is 7.96. The molecule has 4 fully saturated rings. The van der Waals surface area contributed by atoms with Crippen LogP contribution in [-0.4, -0.2) is 23.6 Å². The summed E-state index contributed by atoms with van der Waals surface area (Å²) in [6.07, 6.45) is 12.0. The van der Waals surface area contributed by atoms with Crippen molar-refractivity contribution in [3.63, 3.8) is 0 Å². The molecule has 0 aromatic carbocycles. The monoisotopic (exact) mass is 259 g/mol. The van der Waals surface area contributed by atoms with Crippen LogP contribution in [0.4, 0.5) is 0 Å². The lowest BCUT2D eigenvalue weighted by Gasteiger charge is -2.56. The number of aromatic amines is 1. The van der Waals surface area contributed by atoms with Crippen molar-refractivity contribution in [2.45, 2.75) is 50.4 Å². The van der Waals surface area contributed by atoms with Crippen LogP contribution in [-0.2, 0) is 11.8 Å². The van der Waals surface area contributed by atoms with Gasteiger partial charge in [-0.2, -0.15) is 0 Å². The molecular weight excluding hydrogens is 234 g/mol. The highest BCUT2D eigenvalue weighted by Gasteiger charge is 2.52. The van der Waals surface area contributed by atoms with Gasteiger partial charge in [-0.1, -0.05) is 0 Å². The van der Waals surface area contributed by atoms with Crippen molar-refractivity contribution in [3.05, 3.63) is 17.7 Å². The van der Waals surface area contributed by atoms with E-state index in [0.29, 0.717) is 5.41 Å². The largest absolute Gasteiger partial charge is 0.345 e. The predicted molar refractivity (Wildman–Crippen MR) is 76.1 cm³/mol. The topological polar surface area (TPSA) is 40.7 Å². The molecule has 0 radical (unpaired) electrons.